The van der Waals surface area contributed by atoms with Gasteiger partial charge in [0.05, 0.1) is 17.7 Å². The van der Waals surface area contributed by atoms with E-state index in [1.54, 1.807) is 0 Å². The zero-order valence-corrected chi connectivity index (χ0v) is 14.1. The first-order valence-corrected chi connectivity index (χ1v) is 7.83. The van der Waals surface area contributed by atoms with Crippen LogP contribution in [0.4, 0.5) is 0 Å². The summed E-state index contributed by atoms with van der Waals surface area (Å²) >= 11 is 9.68. The first kappa shape index (κ1) is 14.6. The first-order chi connectivity index (χ1) is 10.1. The van der Waals surface area contributed by atoms with Crippen LogP contribution in [0.1, 0.15) is 17.7 Å². The van der Waals surface area contributed by atoms with Crippen LogP contribution in [0.3, 0.4) is 0 Å². The van der Waals surface area contributed by atoms with Gasteiger partial charge in [0.15, 0.2) is 17.3 Å². The van der Waals surface area contributed by atoms with E-state index in [2.05, 4.69) is 25.9 Å². The van der Waals surface area contributed by atoms with Crippen molar-refractivity contribution in [2.45, 2.75) is 20.3 Å². The van der Waals surface area contributed by atoms with Gasteiger partial charge in [-0.05, 0) is 41.9 Å². The number of benzene rings is 1. The number of ether oxygens (including phenoxy) is 2. The second-order valence-electron chi connectivity index (χ2n) is 4.88. The summed E-state index contributed by atoms with van der Waals surface area (Å²) in [6.07, 6.45) is 0.864. The molecule has 4 nitrogen and oxygen atoms in total. The van der Waals surface area contributed by atoms with Gasteiger partial charge in [-0.15, -0.1) is 0 Å². The molecule has 1 aromatic carbocycles. The molecule has 0 fully saturated rings. The molecule has 6 heteroatoms. The van der Waals surface area contributed by atoms with Gasteiger partial charge in [-0.2, -0.15) is 0 Å². The van der Waals surface area contributed by atoms with Crippen LogP contribution in [0.2, 0.25) is 5.15 Å². The molecular formula is C15H14BrClN2O2. The van der Waals surface area contributed by atoms with Gasteiger partial charge in [0.25, 0.3) is 0 Å². The van der Waals surface area contributed by atoms with E-state index in [0.29, 0.717) is 29.9 Å². The molecular weight excluding hydrogens is 356 g/mol. The van der Waals surface area contributed by atoms with Crippen LogP contribution in [-0.2, 0) is 0 Å². The Morgan fingerprint density at radius 2 is 1.90 bits per heavy atom. The van der Waals surface area contributed by atoms with E-state index in [9.17, 15) is 0 Å². The third-order valence-corrected chi connectivity index (χ3v) is 4.35. The summed E-state index contributed by atoms with van der Waals surface area (Å²) in [5, 5.41) is 0.473. The Balaban J connectivity index is 2.11. The average Bonchev–Trinajstić information content (AvgIpc) is 2.69. The molecule has 0 unspecified atom stereocenters. The van der Waals surface area contributed by atoms with Gasteiger partial charge in [-0.3, -0.25) is 0 Å². The Hall–Kier alpha value is -1.33. The maximum atomic E-state index is 6.16. The normalized spacial score (nSPS) is 13.9. The second kappa shape index (κ2) is 5.81. The molecule has 0 radical (unpaired) electrons. The topological polar surface area (TPSA) is 44.2 Å². The van der Waals surface area contributed by atoms with E-state index in [1.165, 1.54) is 0 Å². The monoisotopic (exact) mass is 368 g/mol. The molecule has 3 rings (SSSR count). The maximum absolute atomic E-state index is 6.16. The zero-order chi connectivity index (χ0) is 15.0. The van der Waals surface area contributed by atoms with E-state index >= 15 is 0 Å². The molecule has 0 bridgehead atoms. The minimum atomic E-state index is 0.473. The van der Waals surface area contributed by atoms with E-state index < -0.39 is 0 Å². The molecule has 0 atom stereocenters. The van der Waals surface area contributed by atoms with E-state index in [4.69, 9.17) is 21.1 Å². The summed E-state index contributed by atoms with van der Waals surface area (Å²) in [5.41, 5.74) is 2.61. The fourth-order valence-electron chi connectivity index (χ4n) is 2.08. The van der Waals surface area contributed by atoms with Crippen molar-refractivity contribution in [1.82, 2.24) is 9.97 Å². The Morgan fingerprint density at radius 1 is 1.14 bits per heavy atom. The van der Waals surface area contributed by atoms with Gasteiger partial charge in [-0.1, -0.05) is 11.6 Å². The molecule has 0 N–H and O–H groups in total. The van der Waals surface area contributed by atoms with Gasteiger partial charge < -0.3 is 9.47 Å². The van der Waals surface area contributed by atoms with E-state index in [1.807, 2.05) is 26.0 Å². The molecule has 0 spiro atoms. The average molecular weight is 370 g/mol. The standard InChI is InChI=1S/C15H14BrClN2O2/c1-8-9(2)18-15(19-14(8)17)10-6-11(16)13-12(7-10)20-4-3-5-21-13/h6-7H,3-5H2,1-2H3. The Kier molecular flexibility index (Phi) is 4.04. The van der Waals surface area contributed by atoms with Crippen LogP contribution in [0.5, 0.6) is 11.5 Å². The highest BCUT2D eigenvalue weighted by atomic mass is 79.9. The number of hydrogen-bond acceptors (Lipinski definition) is 4. The van der Waals surface area contributed by atoms with Gasteiger partial charge in [0.1, 0.15) is 5.15 Å². The maximum Gasteiger partial charge on any atom is 0.175 e. The van der Waals surface area contributed by atoms with Crippen LogP contribution in [0.25, 0.3) is 11.4 Å². The SMILES string of the molecule is Cc1nc(-c2cc(Br)c3c(c2)OCCCO3)nc(Cl)c1C. The van der Waals surface area contributed by atoms with E-state index in [-0.39, 0.29) is 0 Å². The largest absolute Gasteiger partial charge is 0.489 e. The number of fused-ring (bicyclic) bond motifs is 1. The number of aromatic nitrogens is 2. The van der Waals surface area contributed by atoms with Crippen LogP contribution >= 0.6 is 27.5 Å². The molecule has 0 amide bonds. The van der Waals surface area contributed by atoms with Crippen molar-refractivity contribution in [3.8, 4) is 22.9 Å². The van der Waals surface area contributed by atoms with Crippen molar-refractivity contribution in [3.05, 3.63) is 33.0 Å². The third-order valence-electron chi connectivity index (χ3n) is 3.39. The lowest BCUT2D eigenvalue weighted by Gasteiger charge is -2.12. The smallest absolute Gasteiger partial charge is 0.175 e. The highest BCUT2D eigenvalue weighted by molar-refractivity contribution is 9.10. The van der Waals surface area contributed by atoms with Gasteiger partial charge >= 0.3 is 0 Å². The number of hydrogen-bond donors (Lipinski definition) is 0. The summed E-state index contributed by atoms with van der Waals surface area (Å²) in [5.74, 6) is 2.01. The Bertz CT molecular complexity index is 683. The van der Waals surface area contributed by atoms with Crippen molar-refractivity contribution in [2.75, 3.05) is 13.2 Å². The molecule has 2 heterocycles. The molecule has 1 aromatic heterocycles. The molecule has 0 saturated heterocycles. The molecule has 110 valence electrons. The zero-order valence-electron chi connectivity index (χ0n) is 11.7. The van der Waals surface area contributed by atoms with Crippen molar-refractivity contribution < 1.29 is 9.47 Å². The lowest BCUT2D eigenvalue weighted by Crippen LogP contribution is -1.98. The highest BCUT2D eigenvalue weighted by Gasteiger charge is 2.17. The highest BCUT2D eigenvalue weighted by Crippen LogP contribution is 2.40. The Morgan fingerprint density at radius 3 is 2.67 bits per heavy atom. The van der Waals surface area contributed by atoms with Crippen molar-refractivity contribution >= 4 is 27.5 Å². The predicted octanol–water partition coefficient (Wildman–Crippen LogP) is 4.34. The van der Waals surface area contributed by atoms with Gasteiger partial charge in [-0.25, -0.2) is 9.97 Å². The molecule has 0 saturated carbocycles. The Labute approximate surface area is 136 Å². The summed E-state index contributed by atoms with van der Waals surface area (Å²) in [4.78, 5) is 8.86. The van der Waals surface area contributed by atoms with Crippen LogP contribution in [0, 0.1) is 13.8 Å². The van der Waals surface area contributed by atoms with E-state index in [0.717, 1.165) is 33.5 Å². The summed E-state index contributed by atoms with van der Waals surface area (Å²) < 4.78 is 12.3. The van der Waals surface area contributed by atoms with Gasteiger partial charge in [0, 0.05) is 23.2 Å². The number of nitrogens with zero attached hydrogens (tertiary/aromatic N) is 2. The van der Waals surface area contributed by atoms with Crippen LogP contribution in [-0.4, -0.2) is 23.2 Å². The molecule has 2 aromatic rings. The molecule has 1 aliphatic heterocycles. The van der Waals surface area contributed by atoms with Gasteiger partial charge in [0.2, 0.25) is 0 Å². The molecule has 1 aliphatic rings. The second-order valence-corrected chi connectivity index (χ2v) is 6.10. The predicted molar refractivity (Wildman–Crippen MR) is 85.3 cm³/mol. The summed E-state index contributed by atoms with van der Waals surface area (Å²) in [6, 6.07) is 3.82. The minimum absolute atomic E-state index is 0.473. The van der Waals surface area contributed by atoms with Crippen molar-refractivity contribution in [3.63, 3.8) is 0 Å². The quantitative estimate of drug-likeness (QED) is 0.702. The number of halogens is 2. The summed E-state index contributed by atoms with van der Waals surface area (Å²) in [7, 11) is 0. The molecule has 21 heavy (non-hydrogen) atoms. The summed E-state index contributed by atoms with van der Waals surface area (Å²) in [6.45, 7) is 5.12. The van der Waals surface area contributed by atoms with Crippen molar-refractivity contribution in [1.29, 1.82) is 0 Å². The number of aryl methyl sites for hydroxylation is 1. The first-order valence-electron chi connectivity index (χ1n) is 6.66. The molecule has 0 aliphatic carbocycles. The lowest BCUT2D eigenvalue weighted by atomic mass is 10.1. The number of rotatable bonds is 1. The van der Waals surface area contributed by atoms with Crippen LogP contribution < -0.4 is 9.47 Å². The minimum Gasteiger partial charge on any atom is -0.489 e. The van der Waals surface area contributed by atoms with Crippen molar-refractivity contribution in [2.24, 2.45) is 0 Å². The fraction of sp³-hybridized carbons (Fsp3) is 0.333. The lowest BCUT2D eigenvalue weighted by molar-refractivity contribution is 0.296. The fourth-order valence-corrected chi connectivity index (χ4v) is 2.86. The van der Waals surface area contributed by atoms with Crippen LogP contribution in [0.15, 0.2) is 16.6 Å². The third kappa shape index (κ3) is 2.85.